The molecule has 0 atom stereocenters. The number of benzene rings is 1. The summed E-state index contributed by atoms with van der Waals surface area (Å²) >= 11 is 1.70. The summed E-state index contributed by atoms with van der Waals surface area (Å²) < 4.78 is 0. The summed E-state index contributed by atoms with van der Waals surface area (Å²) in [6.45, 7) is 0.482. The van der Waals surface area contributed by atoms with Crippen molar-refractivity contribution in [3.63, 3.8) is 0 Å². The van der Waals surface area contributed by atoms with Gasteiger partial charge in [0.05, 0.1) is 5.69 Å². The molecule has 0 aliphatic rings. The Morgan fingerprint density at radius 3 is 2.60 bits per heavy atom. The highest BCUT2D eigenvalue weighted by atomic mass is 32.2. The first kappa shape index (κ1) is 10.2. The van der Waals surface area contributed by atoms with Crippen molar-refractivity contribution in [2.75, 3.05) is 0 Å². The van der Waals surface area contributed by atoms with Crippen LogP contribution in [0.1, 0.15) is 5.69 Å². The average molecular weight is 216 g/mol. The normalized spacial score (nSPS) is 10.2. The summed E-state index contributed by atoms with van der Waals surface area (Å²) in [7, 11) is 0. The highest BCUT2D eigenvalue weighted by Gasteiger charge is 2.02. The fourth-order valence-electron chi connectivity index (χ4n) is 1.28. The molecular formula is C12H12N2S. The Morgan fingerprint density at radius 2 is 1.87 bits per heavy atom. The smallest absolute Gasteiger partial charge is 0.0678 e. The van der Waals surface area contributed by atoms with Gasteiger partial charge in [-0.2, -0.15) is 0 Å². The third-order valence-corrected chi connectivity index (χ3v) is 3.11. The van der Waals surface area contributed by atoms with E-state index in [0.29, 0.717) is 6.54 Å². The molecule has 1 aromatic carbocycles. The second-order valence-corrected chi connectivity index (χ2v) is 4.18. The van der Waals surface area contributed by atoms with E-state index in [-0.39, 0.29) is 0 Å². The van der Waals surface area contributed by atoms with Crippen molar-refractivity contribution in [3.8, 4) is 0 Å². The Morgan fingerprint density at radius 1 is 1.07 bits per heavy atom. The molecule has 0 radical (unpaired) electrons. The molecule has 0 amide bonds. The van der Waals surface area contributed by atoms with E-state index in [2.05, 4.69) is 17.1 Å². The second kappa shape index (κ2) is 4.96. The molecule has 0 saturated carbocycles. The molecule has 1 heterocycles. The lowest BCUT2D eigenvalue weighted by Crippen LogP contribution is -2.00. The topological polar surface area (TPSA) is 38.9 Å². The van der Waals surface area contributed by atoms with Gasteiger partial charge >= 0.3 is 0 Å². The van der Waals surface area contributed by atoms with Crippen LogP contribution in [0.3, 0.4) is 0 Å². The Kier molecular flexibility index (Phi) is 3.37. The number of hydrogen-bond donors (Lipinski definition) is 1. The quantitative estimate of drug-likeness (QED) is 0.857. The molecule has 2 rings (SSSR count). The Balaban J connectivity index is 2.24. The van der Waals surface area contributed by atoms with Gasteiger partial charge in [-0.3, -0.25) is 4.98 Å². The maximum absolute atomic E-state index is 5.63. The van der Waals surface area contributed by atoms with E-state index >= 15 is 0 Å². The maximum atomic E-state index is 5.63. The van der Waals surface area contributed by atoms with Gasteiger partial charge in [0, 0.05) is 22.5 Å². The largest absolute Gasteiger partial charge is 0.325 e. The molecule has 2 aromatic rings. The molecule has 76 valence electrons. The van der Waals surface area contributed by atoms with Crippen molar-refractivity contribution in [2.24, 2.45) is 5.73 Å². The van der Waals surface area contributed by atoms with Crippen LogP contribution in [0.4, 0.5) is 0 Å². The van der Waals surface area contributed by atoms with E-state index in [1.807, 2.05) is 30.3 Å². The third kappa shape index (κ3) is 2.58. The molecule has 15 heavy (non-hydrogen) atoms. The van der Waals surface area contributed by atoms with Crippen molar-refractivity contribution < 1.29 is 0 Å². The van der Waals surface area contributed by atoms with E-state index in [1.54, 1.807) is 18.0 Å². The van der Waals surface area contributed by atoms with Crippen molar-refractivity contribution in [2.45, 2.75) is 16.3 Å². The number of nitrogens with zero attached hydrogens (tertiary/aromatic N) is 1. The third-order valence-electron chi connectivity index (χ3n) is 2.01. The highest BCUT2D eigenvalue weighted by molar-refractivity contribution is 7.99. The first-order chi connectivity index (χ1) is 7.40. The van der Waals surface area contributed by atoms with Gasteiger partial charge in [-0.1, -0.05) is 30.0 Å². The zero-order chi connectivity index (χ0) is 10.5. The molecule has 1 aromatic heterocycles. The van der Waals surface area contributed by atoms with Gasteiger partial charge in [0.1, 0.15) is 0 Å². The number of rotatable bonds is 3. The van der Waals surface area contributed by atoms with Gasteiger partial charge in [0.15, 0.2) is 0 Å². The predicted octanol–water partition coefficient (Wildman–Crippen LogP) is 2.69. The van der Waals surface area contributed by atoms with Gasteiger partial charge in [-0.25, -0.2) is 0 Å². The van der Waals surface area contributed by atoms with E-state index in [4.69, 9.17) is 5.73 Å². The van der Waals surface area contributed by atoms with Crippen LogP contribution in [0, 0.1) is 0 Å². The van der Waals surface area contributed by atoms with Crippen LogP contribution in [0.15, 0.2) is 58.5 Å². The predicted molar refractivity (Wildman–Crippen MR) is 62.7 cm³/mol. The molecule has 0 aliphatic carbocycles. The monoisotopic (exact) mass is 216 g/mol. The highest BCUT2D eigenvalue weighted by Crippen LogP contribution is 2.28. The molecule has 0 spiro atoms. The van der Waals surface area contributed by atoms with E-state index < -0.39 is 0 Å². The lowest BCUT2D eigenvalue weighted by Gasteiger charge is -2.05. The summed E-state index contributed by atoms with van der Waals surface area (Å²) in [5.41, 5.74) is 6.58. The molecular weight excluding hydrogens is 204 g/mol. The number of pyridine rings is 1. The number of hydrogen-bond acceptors (Lipinski definition) is 3. The fraction of sp³-hybridized carbons (Fsp3) is 0.0833. The van der Waals surface area contributed by atoms with Crippen LogP contribution < -0.4 is 5.73 Å². The molecule has 0 aliphatic heterocycles. The zero-order valence-electron chi connectivity index (χ0n) is 8.26. The van der Waals surface area contributed by atoms with E-state index in [1.165, 1.54) is 4.90 Å². The van der Waals surface area contributed by atoms with E-state index in [0.717, 1.165) is 10.6 Å². The SMILES string of the molecule is NCc1ncccc1Sc1ccccc1. The molecule has 0 unspecified atom stereocenters. The Labute approximate surface area is 93.5 Å². The zero-order valence-corrected chi connectivity index (χ0v) is 9.08. The molecule has 0 bridgehead atoms. The minimum atomic E-state index is 0.482. The summed E-state index contributed by atoms with van der Waals surface area (Å²) in [6, 6.07) is 14.2. The molecule has 0 saturated heterocycles. The average Bonchev–Trinajstić information content (AvgIpc) is 2.31. The van der Waals surface area contributed by atoms with Crippen LogP contribution in [0.2, 0.25) is 0 Å². The summed E-state index contributed by atoms with van der Waals surface area (Å²) in [6.07, 6.45) is 1.78. The maximum Gasteiger partial charge on any atom is 0.0678 e. The Bertz CT molecular complexity index is 429. The lowest BCUT2D eigenvalue weighted by atomic mass is 10.3. The van der Waals surface area contributed by atoms with Crippen LogP contribution in [0.25, 0.3) is 0 Å². The molecule has 2 nitrogen and oxygen atoms in total. The van der Waals surface area contributed by atoms with Crippen LogP contribution in [-0.2, 0) is 6.54 Å². The van der Waals surface area contributed by atoms with Crippen LogP contribution >= 0.6 is 11.8 Å². The van der Waals surface area contributed by atoms with Crippen molar-refractivity contribution in [1.29, 1.82) is 0 Å². The van der Waals surface area contributed by atoms with Gasteiger partial charge in [-0.05, 0) is 24.3 Å². The minimum absolute atomic E-state index is 0.482. The van der Waals surface area contributed by atoms with Gasteiger partial charge in [0.25, 0.3) is 0 Å². The summed E-state index contributed by atoms with van der Waals surface area (Å²) in [5, 5.41) is 0. The number of aromatic nitrogens is 1. The molecule has 0 fully saturated rings. The van der Waals surface area contributed by atoms with Crippen LogP contribution in [0.5, 0.6) is 0 Å². The number of nitrogens with two attached hydrogens (primary N) is 1. The first-order valence-electron chi connectivity index (χ1n) is 4.77. The standard InChI is InChI=1S/C12H12N2S/c13-9-11-12(7-4-8-14-11)15-10-5-2-1-3-6-10/h1-8H,9,13H2. The second-order valence-electron chi connectivity index (χ2n) is 3.07. The van der Waals surface area contributed by atoms with Gasteiger partial charge in [0.2, 0.25) is 0 Å². The summed E-state index contributed by atoms with van der Waals surface area (Å²) in [5.74, 6) is 0. The minimum Gasteiger partial charge on any atom is -0.325 e. The molecule has 2 N–H and O–H groups in total. The van der Waals surface area contributed by atoms with Crippen molar-refractivity contribution >= 4 is 11.8 Å². The molecule has 3 heteroatoms. The Hall–Kier alpha value is -1.32. The van der Waals surface area contributed by atoms with E-state index in [9.17, 15) is 0 Å². The van der Waals surface area contributed by atoms with Gasteiger partial charge < -0.3 is 5.73 Å². The van der Waals surface area contributed by atoms with Crippen LogP contribution in [-0.4, -0.2) is 4.98 Å². The van der Waals surface area contributed by atoms with Crippen molar-refractivity contribution in [3.05, 3.63) is 54.4 Å². The summed E-state index contributed by atoms with van der Waals surface area (Å²) in [4.78, 5) is 6.59. The first-order valence-corrected chi connectivity index (χ1v) is 5.58. The fourth-order valence-corrected chi connectivity index (χ4v) is 2.23. The van der Waals surface area contributed by atoms with Gasteiger partial charge in [-0.15, -0.1) is 0 Å². The lowest BCUT2D eigenvalue weighted by molar-refractivity contribution is 0.944. The van der Waals surface area contributed by atoms with Crippen molar-refractivity contribution in [1.82, 2.24) is 4.98 Å².